The third kappa shape index (κ3) is 9.52. The molecule has 0 rings (SSSR count). The Morgan fingerprint density at radius 3 is 1.37 bits per heavy atom. The van der Waals surface area contributed by atoms with E-state index in [0.717, 1.165) is 0 Å². The van der Waals surface area contributed by atoms with E-state index in [4.69, 9.17) is 0 Å². The number of hydrogen-bond acceptors (Lipinski definition) is 0. The summed E-state index contributed by atoms with van der Waals surface area (Å²) in [6.45, 7) is 14.3. The summed E-state index contributed by atoms with van der Waals surface area (Å²) in [5.41, 5.74) is 1.19. The van der Waals surface area contributed by atoms with E-state index in [1.807, 2.05) is 0 Å². The molecule has 0 aromatic rings. The average molecular weight is 269 g/mol. The van der Waals surface area contributed by atoms with Gasteiger partial charge in [-0.3, -0.25) is 0 Å². The summed E-state index contributed by atoms with van der Waals surface area (Å²) in [6, 6.07) is 0. The Morgan fingerprint density at radius 2 is 0.947 bits per heavy atom. The third-order valence-electron chi connectivity index (χ3n) is 5.55. The Morgan fingerprint density at radius 1 is 0.526 bits per heavy atom. The highest BCUT2D eigenvalue weighted by molar-refractivity contribution is 4.70. The van der Waals surface area contributed by atoms with Gasteiger partial charge in [0, 0.05) is 0 Å². The van der Waals surface area contributed by atoms with Crippen LogP contribution in [-0.4, -0.2) is 0 Å². The van der Waals surface area contributed by atoms with Gasteiger partial charge in [-0.15, -0.1) is 0 Å². The summed E-state index contributed by atoms with van der Waals surface area (Å²) in [5, 5.41) is 0. The van der Waals surface area contributed by atoms with Crippen molar-refractivity contribution in [1.29, 1.82) is 0 Å². The fraction of sp³-hybridized carbons (Fsp3) is 1.00. The summed E-state index contributed by atoms with van der Waals surface area (Å²) in [7, 11) is 0. The van der Waals surface area contributed by atoms with E-state index in [-0.39, 0.29) is 0 Å². The van der Waals surface area contributed by atoms with Gasteiger partial charge in [-0.1, -0.05) is 99.3 Å². The molecule has 19 heavy (non-hydrogen) atoms. The van der Waals surface area contributed by atoms with Crippen LogP contribution in [0.2, 0.25) is 0 Å². The normalized spacial score (nSPS) is 12.9. The molecule has 0 unspecified atom stereocenters. The molecule has 0 saturated heterocycles. The molecule has 0 radical (unpaired) electrons. The van der Waals surface area contributed by atoms with Crippen LogP contribution in [-0.2, 0) is 0 Å². The van der Waals surface area contributed by atoms with Crippen LogP contribution in [0, 0.1) is 10.8 Å². The van der Waals surface area contributed by atoms with Gasteiger partial charge in [-0.25, -0.2) is 0 Å². The molecule has 0 heterocycles. The fourth-order valence-corrected chi connectivity index (χ4v) is 2.64. The zero-order chi connectivity index (χ0) is 14.8. The van der Waals surface area contributed by atoms with Crippen LogP contribution in [0.4, 0.5) is 0 Å². The Hall–Kier alpha value is 0. The molecule has 0 aromatic carbocycles. The molecule has 0 bridgehead atoms. The molecule has 0 aliphatic rings. The van der Waals surface area contributed by atoms with Gasteiger partial charge in [0.05, 0.1) is 0 Å². The van der Waals surface area contributed by atoms with E-state index in [0.29, 0.717) is 10.8 Å². The minimum Gasteiger partial charge on any atom is -0.0649 e. The zero-order valence-corrected chi connectivity index (χ0v) is 14.8. The Kier molecular flexibility index (Phi) is 9.83. The van der Waals surface area contributed by atoms with Crippen LogP contribution in [0.15, 0.2) is 0 Å². The molecular weight excluding hydrogens is 228 g/mol. The van der Waals surface area contributed by atoms with Crippen LogP contribution >= 0.6 is 0 Å². The molecule has 0 aliphatic heterocycles. The van der Waals surface area contributed by atoms with Crippen LogP contribution in [0.25, 0.3) is 0 Å². The molecule has 0 heteroatoms. The highest BCUT2D eigenvalue weighted by atomic mass is 14.2. The minimum absolute atomic E-state index is 0.573. The van der Waals surface area contributed by atoms with Crippen LogP contribution in [0.5, 0.6) is 0 Å². The standard InChI is InChI=1S/C19H40/c1-7-18(4,5)16-14-12-10-11-13-15-17-19(6,8-2)9-3/h7-17H2,1-6H3. The first-order valence-electron chi connectivity index (χ1n) is 8.89. The molecule has 0 fully saturated rings. The number of rotatable bonds is 12. The molecule has 0 spiro atoms. The van der Waals surface area contributed by atoms with Crippen molar-refractivity contribution in [3.8, 4) is 0 Å². The van der Waals surface area contributed by atoms with Crippen LogP contribution in [0.1, 0.15) is 112 Å². The molecule has 0 nitrogen and oxygen atoms in total. The lowest BCUT2D eigenvalue weighted by molar-refractivity contribution is 0.261. The Bertz CT molecular complexity index is 198. The smallest absolute Gasteiger partial charge is 0.0331 e. The van der Waals surface area contributed by atoms with Crippen molar-refractivity contribution in [3.05, 3.63) is 0 Å². The second-order valence-electron chi connectivity index (χ2n) is 7.66. The first kappa shape index (κ1) is 19.0. The molecule has 0 atom stereocenters. The van der Waals surface area contributed by atoms with Gasteiger partial charge in [-0.2, -0.15) is 0 Å². The van der Waals surface area contributed by atoms with Crippen molar-refractivity contribution in [2.45, 2.75) is 112 Å². The fourth-order valence-electron chi connectivity index (χ4n) is 2.64. The molecular formula is C19H40. The van der Waals surface area contributed by atoms with Gasteiger partial charge in [0.2, 0.25) is 0 Å². The summed E-state index contributed by atoms with van der Waals surface area (Å²) < 4.78 is 0. The molecule has 0 N–H and O–H groups in total. The van der Waals surface area contributed by atoms with Gasteiger partial charge >= 0.3 is 0 Å². The Balaban J connectivity index is 3.42. The zero-order valence-electron chi connectivity index (χ0n) is 14.8. The van der Waals surface area contributed by atoms with Crippen molar-refractivity contribution in [2.24, 2.45) is 10.8 Å². The monoisotopic (exact) mass is 268 g/mol. The van der Waals surface area contributed by atoms with Crippen LogP contribution < -0.4 is 0 Å². The number of unbranched alkanes of at least 4 members (excludes halogenated alkanes) is 5. The van der Waals surface area contributed by atoms with E-state index in [2.05, 4.69) is 41.5 Å². The average Bonchev–Trinajstić information content (AvgIpc) is 2.41. The van der Waals surface area contributed by atoms with Crippen molar-refractivity contribution in [3.63, 3.8) is 0 Å². The lowest BCUT2D eigenvalue weighted by Crippen LogP contribution is -2.13. The molecule has 0 saturated carbocycles. The van der Waals surface area contributed by atoms with Crippen LogP contribution in [0.3, 0.4) is 0 Å². The second-order valence-corrected chi connectivity index (χ2v) is 7.66. The van der Waals surface area contributed by atoms with Gasteiger partial charge in [0.15, 0.2) is 0 Å². The van der Waals surface area contributed by atoms with Crippen molar-refractivity contribution in [2.75, 3.05) is 0 Å². The Labute approximate surface area is 123 Å². The van der Waals surface area contributed by atoms with Crippen molar-refractivity contribution < 1.29 is 0 Å². The van der Waals surface area contributed by atoms with Crippen molar-refractivity contribution in [1.82, 2.24) is 0 Å². The quantitative estimate of drug-likeness (QED) is 0.324. The third-order valence-corrected chi connectivity index (χ3v) is 5.55. The van der Waals surface area contributed by atoms with Crippen molar-refractivity contribution >= 4 is 0 Å². The van der Waals surface area contributed by atoms with E-state index in [1.54, 1.807) is 0 Å². The van der Waals surface area contributed by atoms with Gasteiger partial charge in [0.25, 0.3) is 0 Å². The maximum Gasteiger partial charge on any atom is -0.0331 e. The minimum atomic E-state index is 0.573. The number of hydrogen-bond donors (Lipinski definition) is 0. The van der Waals surface area contributed by atoms with E-state index in [1.165, 1.54) is 70.6 Å². The predicted octanol–water partition coefficient (Wildman–Crippen LogP) is 7.37. The molecule has 116 valence electrons. The largest absolute Gasteiger partial charge is 0.0649 e. The molecule has 0 aromatic heterocycles. The first-order chi connectivity index (χ1) is 8.89. The topological polar surface area (TPSA) is 0 Å². The van der Waals surface area contributed by atoms with Gasteiger partial charge < -0.3 is 0 Å². The highest BCUT2D eigenvalue weighted by Gasteiger charge is 2.18. The lowest BCUT2D eigenvalue weighted by atomic mass is 9.80. The summed E-state index contributed by atoms with van der Waals surface area (Å²) >= 11 is 0. The summed E-state index contributed by atoms with van der Waals surface area (Å²) in [4.78, 5) is 0. The van der Waals surface area contributed by atoms with E-state index < -0.39 is 0 Å². The maximum absolute atomic E-state index is 2.46. The van der Waals surface area contributed by atoms with Gasteiger partial charge in [0.1, 0.15) is 0 Å². The maximum atomic E-state index is 2.46. The van der Waals surface area contributed by atoms with Gasteiger partial charge in [-0.05, 0) is 23.7 Å². The molecule has 0 aliphatic carbocycles. The summed E-state index contributed by atoms with van der Waals surface area (Å²) in [6.07, 6.45) is 15.5. The molecule has 0 amide bonds. The van der Waals surface area contributed by atoms with E-state index >= 15 is 0 Å². The second kappa shape index (κ2) is 9.83. The lowest BCUT2D eigenvalue weighted by Gasteiger charge is -2.26. The summed E-state index contributed by atoms with van der Waals surface area (Å²) in [5.74, 6) is 0. The highest BCUT2D eigenvalue weighted by Crippen LogP contribution is 2.32. The predicted molar refractivity (Wildman–Crippen MR) is 89.7 cm³/mol. The SMILES string of the molecule is CCC(C)(C)CCCCCCCCC(C)(CC)CC. The first-order valence-corrected chi connectivity index (χ1v) is 8.89. The van der Waals surface area contributed by atoms with E-state index in [9.17, 15) is 0 Å².